The highest BCUT2D eigenvalue weighted by molar-refractivity contribution is 7.08. The largest absolute Gasteiger partial charge is 0.352 e. The fraction of sp³-hybridized carbons (Fsp3) is 0.353. The molecule has 1 aliphatic rings. The van der Waals surface area contributed by atoms with Crippen molar-refractivity contribution < 1.29 is 9.59 Å². The Kier molecular flexibility index (Phi) is 5.02. The van der Waals surface area contributed by atoms with E-state index in [1.54, 1.807) is 23.7 Å². The Morgan fingerprint density at radius 2 is 2.30 bits per heavy atom. The van der Waals surface area contributed by atoms with Crippen molar-refractivity contribution in [3.8, 4) is 0 Å². The van der Waals surface area contributed by atoms with E-state index in [0.717, 1.165) is 17.5 Å². The van der Waals surface area contributed by atoms with Crippen molar-refractivity contribution in [2.24, 2.45) is 0 Å². The van der Waals surface area contributed by atoms with Gasteiger partial charge in [0.15, 0.2) is 0 Å². The normalized spacial score (nSPS) is 17.0. The zero-order valence-electron chi connectivity index (χ0n) is 12.8. The summed E-state index contributed by atoms with van der Waals surface area (Å²) in [5.74, 6) is 0.148. The number of hydrogen-bond acceptors (Lipinski definition) is 4. The average Bonchev–Trinajstić information content (AvgIpc) is 3.19. The number of rotatable bonds is 6. The summed E-state index contributed by atoms with van der Waals surface area (Å²) in [5, 5.41) is 6.91. The molecule has 0 aromatic carbocycles. The van der Waals surface area contributed by atoms with E-state index in [9.17, 15) is 9.59 Å². The van der Waals surface area contributed by atoms with Crippen molar-refractivity contribution in [3.63, 3.8) is 0 Å². The van der Waals surface area contributed by atoms with Gasteiger partial charge >= 0.3 is 0 Å². The monoisotopic (exact) mass is 329 g/mol. The van der Waals surface area contributed by atoms with Crippen molar-refractivity contribution in [2.75, 3.05) is 6.54 Å². The molecule has 0 saturated carbocycles. The Hall–Kier alpha value is -2.21. The second kappa shape index (κ2) is 7.37. The predicted octanol–water partition coefficient (Wildman–Crippen LogP) is 1.99. The number of nitrogens with zero attached hydrogens (tertiary/aromatic N) is 2. The van der Waals surface area contributed by atoms with Crippen LogP contribution in [0.2, 0.25) is 0 Å². The summed E-state index contributed by atoms with van der Waals surface area (Å²) >= 11 is 1.59. The average molecular weight is 329 g/mol. The Bertz CT molecular complexity index is 658. The van der Waals surface area contributed by atoms with Crippen LogP contribution in [0.5, 0.6) is 0 Å². The summed E-state index contributed by atoms with van der Waals surface area (Å²) in [7, 11) is 0. The van der Waals surface area contributed by atoms with Crippen LogP contribution < -0.4 is 5.32 Å². The molecule has 1 N–H and O–H groups in total. The number of thiophene rings is 1. The maximum absolute atomic E-state index is 12.7. The van der Waals surface area contributed by atoms with Gasteiger partial charge in [-0.2, -0.15) is 11.3 Å². The maximum atomic E-state index is 12.7. The van der Waals surface area contributed by atoms with Gasteiger partial charge < -0.3 is 10.2 Å². The number of aromatic nitrogens is 1. The van der Waals surface area contributed by atoms with Crippen molar-refractivity contribution in [3.05, 3.63) is 52.5 Å². The van der Waals surface area contributed by atoms with Crippen LogP contribution in [0.15, 0.2) is 41.4 Å². The van der Waals surface area contributed by atoms with Gasteiger partial charge in [0.25, 0.3) is 0 Å². The Balaban J connectivity index is 1.69. The molecule has 2 aromatic rings. The van der Waals surface area contributed by atoms with E-state index in [0.29, 0.717) is 25.9 Å². The fourth-order valence-corrected chi connectivity index (χ4v) is 3.40. The minimum Gasteiger partial charge on any atom is -0.352 e. The van der Waals surface area contributed by atoms with Crippen LogP contribution in [-0.4, -0.2) is 34.3 Å². The molecule has 0 bridgehead atoms. The summed E-state index contributed by atoms with van der Waals surface area (Å²) in [6.07, 6.45) is 5.22. The molecular formula is C17H19N3O2S. The van der Waals surface area contributed by atoms with Crippen LogP contribution in [-0.2, 0) is 22.6 Å². The van der Waals surface area contributed by atoms with E-state index < -0.39 is 0 Å². The van der Waals surface area contributed by atoms with E-state index in [1.807, 2.05) is 33.9 Å². The highest BCUT2D eigenvalue weighted by Crippen LogP contribution is 2.14. The number of pyridine rings is 1. The van der Waals surface area contributed by atoms with Gasteiger partial charge in [0.1, 0.15) is 0 Å². The summed E-state index contributed by atoms with van der Waals surface area (Å²) in [6, 6.07) is 5.85. The molecule has 2 aromatic heterocycles. The molecule has 0 spiro atoms. The van der Waals surface area contributed by atoms with E-state index in [-0.39, 0.29) is 17.9 Å². The Morgan fingerprint density at radius 1 is 1.39 bits per heavy atom. The van der Waals surface area contributed by atoms with E-state index in [4.69, 9.17) is 0 Å². The Morgan fingerprint density at radius 3 is 2.96 bits per heavy atom. The molecule has 2 amide bonds. The van der Waals surface area contributed by atoms with E-state index >= 15 is 0 Å². The van der Waals surface area contributed by atoms with Crippen LogP contribution in [0.25, 0.3) is 0 Å². The van der Waals surface area contributed by atoms with Crippen LogP contribution in [0, 0.1) is 0 Å². The molecule has 23 heavy (non-hydrogen) atoms. The van der Waals surface area contributed by atoms with Crippen molar-refractivity contribution in [1.82, 2.24) is 15.2 Å². The lowest BCUT2D eigenvalue weighted by Gasteiger charge is -2.26. The van der Waals surface area contributed by atoms with E-state index in [1.165, 1.54) is 0 Å². The van der Waals surface area contributed by atoms with Crippen LogP contribution in [0.3, 0.4) is 0 Å². The van der Waals surface area contributed by atoms with Gasteiger partial charge in [0.2, 0.25) is 11.8 Å². The zero-order chi connectivity index (χ0) is 16.1. The van der Waals surface area contributed by atoms with Crippen LogP contribution in [0.4, 0.5) is 0 Å². The third-order valence-corrected chi connectivity index (χ3v) is 4.64. The molecule has 0 radical (unpaired) electrons. The molecule has 1 saturated heterocycles. The minimum absolute atomic E-state index is 0.0468. The molecule has 6 heteroatoms. The SMILES string of the molecule is O=C1CC[C@@H](CN(Cc2cccnc2)C(=O)Cc2ccsc2)N1. The smallest absolute Gasteiger partial charge is 0.227 e. The summed E-state index contributed by atoms with van der Waals surface area (Å²) in [6.45, 7) is 1.06. The number of nitrogens with one attached hydrogen (secondary N) is 1. The van der Waals surface area contributed by atoms with Crippen molar-refractivity contribution >= 4 is 23.2 Å². The highest BCUT2D eigenvalue weighted by atomic mass is 32.1. The standard InChI is InChI=1S/C17H19N3O2S/c21-16-4-3-15(19-16)11-20(10-14-2-1-6-18-9-14)17(22)8-13-5-7-23-12-13/h1-2,5-7,9,12,15H,3-4,8,10-11H2,(H,19,21)/t15-/m0/s1. The Labute approximate surface area is 139 Å². The first-order chi connectivity index (χ1) is 11.2. The molecule has 3 heterocycles. The van der Waals surface area contributed by atoms with Gasteiger partial charge in [-0.25, -0.2) is 0 Å². The number of amides is 2. The van der Waals surface area contributed by atoms with Crippen LogP contribution >= 0.6 is 11.3 Å². The first-order valence-electron chi connectivity index (χ1n) is 7.68. The maximum Gasteiger partial charge on any atom is 0.227 e. The van der Waals surface area contributed by atoms with Crippen molar-refractivity contribution in [2.45, 2.75) is 31.8 Å². The molecular weight excluding hydrogens is 310 g/mol. The van der Waals surface area contributed by atoms with Gasteiger partial charge in [-0.3, -0.25) is 14.6 Å². The van der Waals surface area contributed by atoms with Gasteiger partial charge in [-0.15, -0.1) is 0 Å². The van der Waals surface area contributed by atoms with Gasteiger partial charge in [0.05, 0.1) is 6.42 Å². The quantitative estimate of drug-likeness (QED) is 0.881. The topological polar surface area (TPSA) is 62.3 Å². The predicted molar refractivity (Wildman–Crippen MR) is 88.8 cm³/mol. The third kappa shape index (κ3) is 4.39. The summed E-state index contributed by atoms with van der Waals surface area (Å²) in [5.41, 5.74) is 2.03. The lowest BCUT2D eigenvalue weighted by molar-refractivity contribution is -0.131. The molecule has 120 valence electrons. The second-order valence-corrected chi connectivity index (χ2v) is 6.53. The fourth-order valence-electron chi connectivity index (χ4n) is 2.73. The number of hydrogen-bond donors (Lipinski definition) is 1. The minimum atomic E-state index is 0.0468. The first-order valence-corrected chi connectivity index (χ1v) is 8.62. The lowest BCUT2D eigenvalue weighted by atomic mass is 10.1. The van der Waals surface area contributed by atoms with Gasteiger partial charge in [-0.1, -0.05) is 6.07 Å². The molecule has 1 fully saturated rings. The first kappa shape index (κ1) is 15.7. The van der Waals surface area contributed by atoms with Crippen LogP contribution in [0.1, 0.15) is 24.0 Å². The third-order valence-electron chi connectivity index (χ3n) is 3.91. The van der Waals surface area contributed by atoms with Gasteiger partial charge in [-0.05, 0) is 40.4 Å². The second-order valence-electron chi connectivity index (χ2n) is 5.75. The number of carbonyl (C=O) groups excluding carboxylic acids is 2. The lowest BCUT2D eigenvalue weighted by Crippen LogP contribution is -2.42. The van der Waals surface area contributed by atoms with Crippen molar-refractivity contribution in [1.29, 1.82) is 0 Å². The molecule has 0 unspecified atom stereocenters. The summed E-state index contributed by atoms with van der Waals surface area (Å²) < 4.78 is 0. The molecule has 1 atom stereocenters. The zero-order valence-corrected chi connectivity index (χ0v) is 13.6. The van der Waals surface area contributed by atoms with E-state index in [2.05, 4.69) is 10.3 Å². The highest BCUT2D eigenvalue weighted by Gasteiger charge is 2.25. The van der Waals surface area contributed by atoms with Gasteiger partial charge in [0, 0.05) is 37.9 Å². The molecule has 1 aliphatic heterocycles. The summed E-state index contributed by atoms with van der Waals surface area (Å²) in [4.78, 5) is 30.0. The molecule has 3 rings (SSSR count). The number of carbonyl (C=O) groups is 2. The molecule has 5 nitrogen and oxygen atoms in total. The molecule has 0 aliphatic carbocycles.